The molecule has 0 aliphatic heterocycles. The third-order valence-electron chi connectivity index (χ3n) is 4.01. The molecule has 2 aromatic carbocycles. The van der Waals surface area contributed by atoms with Crippen molar-refractivity contribution < 1.29 is 13.5 Å². The second kappa shape index (κ2) is 7.23. The van der Waals surface area contributed by atoms with E-state index in [4.69, 9.17) is 0 Å². The molecule has 5 nitrogen and oxygen atoms in total. The summed E-state index contributed by atoms with van der Waals surface area (Å²) in [7, 11) is -1.67. The van der Waals surface area contributed by atoms with Crippen molar-refractivity contribution in [1.29, 1.82) is 0 Å². The van der Waals surface area contributed by atoms with Gasteiger partial charge in [-0.1, -0.05) is 36.4 Å². The van der Waals surface area contributed by atoms with E-state index in [2.05, 4.69) is 4.72 Å². The van der Waals surface area contributed by atoms with Gasteiger partial charge in [0.1, 0.15) is 0 Å². The third kappa shape index (κ3) is 4.36. The number of aliphatic hydroxyl groups is 1. The van der Waals surface area contributed by atoms with Crippen LogP contribution >= 0.6 is 0 Å². The van der Waals surface area contributed by atoms with Crippen LogP contribution < -0.4 is 4.72 Å². The summed E-state index contributed by atoms with van der Waals surface area (Å²) in [5.41, 5.74) is 2.53. The Bertz CT molecular complexity index is 992. The Labute approximate surface area is 147 Å². The minimum absolute atomic E-state index is 0.0835. The first-order valence-corrected chi connectivity index (χ1v) is 9.45. The molecule has 0 spiro atoms. The second-order valence-corrected chi connectivity index (χ2v) is 7.52. The van der Waals surface area contributed by atoms with Crippen LogP contribution in [0.1, 0.15) is 17.2 Å². The molecule has 3 aromatic rings. The fraction of sp³-hybridized carbons (Fsp3) is 0.158. The third-order valence-corrected chi connectivity index (χ3v) is 5.07. The van der Waals surface area contributed by atoms with E-state index in [1.807, 2.05) is 66.3 Å². The second-order valence-electron chi connectivity index (χ2n) is 5.87. The van der Waals surface area contributed by atoms with E-state index in [0.29, 0.717) is 5.56 Å². The summed E-state index contributed by atoms with van der Waals surface area (Å²) >= 11 is 0. The molecule has 0 saturated carbocycles. The molecular formula is C19H20N2O3S. The maximum Gasteiger partial charge on any atom is 0.233 e. The highest BCUT2D eigenvalue weighted by Gasteiger charge is 2.13. The van der Waals surface area contributed by atoms with Gasteiger partial charge in [0.15, 0.2) is 0 Å². The first kappa shape index (κ1) is 17.4. The number of hydrogen-bond acceptors (Lipinski definition) is 3. The largest absolute Gasteiger partial charge is 0.387 e. The number of benzene rings is 2. The number of aryl methyl sites for hydroxylation is 1. The first-order valence-electron chi connectivity index (χ1n) is 7.90. The maximum atomic E-state index is 12.0. The van der Waals surface area contributed by atoms with Crippen molar-refractivity contribution in [2.75, 3.05) is 6.54 Å². The highest BCUT2D eigenvalue weighted by atomic mass is 32.2. The topological polar surface area (TPSA) is 71.3 Å². The van der Waals surface area contributed by atoms with Crippen LogP contribution in [0.15, 0.2) is 66.2 Å². The highest BCUT2D eigenvalue weighted by molar-refractivity contribution is 7.92. The smallest absolute Gasteiger partial charge is 0.233 e. The summed E-state index contributed by atoms with van der Waals surface area (Å²) in [5.74, 6) is 0. The van der Waals surface area contributed by atoms with Crippen LogP contribution in [0.2, 0.25) is 0 Å². The quantitative estimate of drug-likeness (QED) is 0.713. The van der Waals surface area contributed by atoms with Gasteiger partial charge in [-0.2, -0.15) is 0 Å². The lowest BCUT2D eigenvalue weighted by Gasteiger charge is -2.12. The lowest BCUT2D eigenvalue weighted by Crippen LogP contribution is -2.26. The lowest BCUT2D eigenvalue weighted by atomic mass is 10.1. The van der Waals surface area contributed by atoms with E-state index in [0.717, 1.165) is 21.9 Å². The number of fused-ring (bicyclic) bond motifs is 1. The van der Waals surface area contributed by atoms with E-state index < -0.39 is 16.1 Å². The number of nitrogens with zero attached hydrogens (tertiary/aromatic N) is 1. The fourth-order valence-electron chi connectivity index (χ4n) is 2.60. The predicted molar refractivity (Wildman–Crippen MR) is 100 cm³/mol. The zero-order valence-electron chi connectivity index (χ0n) is 13.8. The first-order chi connectivity index (χ1) is 11.9. The molecule has 3 rings (SSSR count). The Morgan fingerprint density at radius 2 is 1.92 bits per heavy atom. The van der Waals surface area contributed by atoms with Crippen LogP contribution in [0.3, 0.4) is 0 Å². The molecule has 130 valence electrons. The van der Waals surface area contributed by atoms with Gasteiger partial charge in [-0.05, 0) is 40.8 Å². The molecule has 1 aromatic heterocycles. The molecule has 1 atom stereocenters. The Kier molecular flexibility index (Phi) is 5.03. The van der Waals surface area contributed by atoms with Crippen LogP contribution in [0.25, 0.3) is 17.0 Å². The number of hydrogen-bond donors (Lipinski definition) is 2. The SMILES string of the molecule is Cn1ccc2cc(C(O)CNS(=O)(=O)/C=C/c3ccccc3)ccc21. The fourth-order valence-corrected chi connectivity index (χ4v) is 3.42. The van der Waals surface area contributed by atoms with Crippen LogP contribution in [0.4, 0.5) is 0 Å². The standard InChI is InChI=1S/C19H20N2O3S/c1-21-11-9-16-13-17(7-8-18(16)21)19(22)14-20-25(23,24)12-10-15-5-3-2-4-6-15/h2-13,19-20,22H,14H2,1H3/b12-10+. The van der Waals surface area contributed by atoms with Crippen molar-refractivity contribution >= 4 is 27.0 Å². The van der Waals surface area contributed by atoms with Gasteiger partial charge in [0.25, 0.3) is 0 Å². The van der Waals surface area contributed by atoms with E-state index in [-0.39, 0.29) is 6.54 Å². The van der Waals surface area contributed by atoms with Crippen molar-refractivity contribution in [3.8, 4) is 0 Å². The molecule has 25 heavy (non-hydrogen) atoms. The van der Waals surface area contributed by atoms with Crippen molar-refractivity contribution in [2.45, 2.75) is 6.10 Å². The van der Waals surface area contributed by atoms with Gasteiger partial charge in [0, 0.05) is 30.7 Å². The molecule has 0 bridgehead atoms. The van der Waals surface area contributed by atoms with Crippen molar-refractivity contribution in [3.05, 3.63) is 77.3 Å². The number of sulfonamides is 1. The normalized spacial score (nSPS) is 13.5. The summed E-state index contributed by atoms with van der Waals surface area (Å²) in [5, 5.41) is 12.4. The highest BCUT2D eigenvalue weighted by Crippen LogP contribution is 2.21. The Balaban J connectivity index is 1.65. The van der Waals surface area contributed by atoms with E-state index >= 15 is 0 Å². The minimum Gasteiger partial charge on any atom is -0.387 e. The number of rotatable bonds is 6. The van der Waals surface area contributed by atoms with Gasteiger partial charge >= 0.3 is 0 Å². The Morgan fingerprint density at radius 3 is 2.68 bits per heavy atom. The van der Waals surface area contributed by atoms with E-state index in [9.17, 15) is 13.5 Å². The van der Waals surface area contributed by atoms with Gasteiger partial charge < -0.3 is 9.67 Å². The van der Waals surface area contributed by atoms with Gasteiger partial charge in [0.05, 0.1) is 6.10 Å². The zero-order valence-corrected chi connectivity index (χ0v) is 14.6. The number of aliphatic hydroxyl groups excluding tert-OH is 1. The van der Waals surface area contributed by atoms with Gasteiger partial charge in [-0.15, -0.1) is 0 Å². The maximum absolute atomic E-state index is 12.0. The molecule has 0 radical (unpaired) electrons. The van der Waals surface area contributed by atoms with Crippen molar-refractivity contribution in [1.82, 2.24) is 9.29 Å². The average Bonchev–Trinajstić information content (AvgIpc) is 2.99. The Hall–Kier alpha value is -2.41. The van der Waals surface area contributed by atoms with Crippen molar-refractivity contribution in [2.24, 2.45) is 7.05 Å². The molecule has 0 fully saturated rings. The average molecular weight is 356 g/mol. The molecule has 0 aliphatic carbocycles. The van der Waals surface area contributed by atoms with E-state index in [1.165, 1.54) is 6.08 Å². The zero-order chi connectivity index (χ0) is 17.9. The predicted octanol–water partition coefficient (Wildman–Crippen LogP) is 2.80. The minimum atomic E-state index is -3.62. The lowest BCUT2D eigenvalue weighted by molar-refractivity contribution is 0.182. The summed E-state index contributed by atoms with van der Waals surface area (Å²) < 4.78 is 28.5. The molecule has 1 heterocycles. The summed E-state index contributed by atoms with van der Waals surface area (Å²) in [4.78, 5) is 0. The van der Waals surface area contributed by atoms with Crippen LogP contribution in [0, 0.1) is 0 Å². The molecule has 1 unspecified atom stereocenters. The Morgan fingerprint density at radius 1 is 1.16 bits per heavy atom. The molecule has 0 saturated heterocycles. The van der Waals surface area contributed by atoms with Gasteiger partial charge in [0.2, 0.25) is 10.0 Å². The molecular weight excluding hydrogens is 336 g/mol. The molecule has 0 amide bonds. The van der Waals surface area contributed by atoms with Crippen LogP contribution in [0.5, 0.6) is 0 Å². The number of aromatic nitrogens is 1. The molecule has 0 aliphatic rings. The summed E-state index contributed by atoms with van der Waals surface area (Å²) in [6.07, 6.45) is 2.55. The molecule has 6 heteroatoms. The van der Waals surface area contributed by atoms with Gasteiger partial charge in [-0.25, -0.2) is 13.1 Å². The summed E-state index contributed by atoms with van der Waals surface area (Å²) in [6, 6.07) is 16.7. The van der Waals surface area contributed by atoms with Crippen molar-refractivity contribution in [3.63, 3.8) is 0 Å². The number of nitrogens with one attached hydrogen (secondary N) is 1. The van der Waals surface area contributed by atoms with E-state index in [1.54, 1.807) is 6.07 Å². The molecule has 2 N–H and O–H groups in total. The summed E-state index contributed by atoms with van der Waals surface area (Å²) in [6.45, 7) is -0.0835. The monoisotopic (exact) mass is 356 g/mol. The van der Waals surface area contributed by atoms with Crippen LogP contribution in [-0.2, 0) is 17.1 Å². The van der Waals surface area contributed by atoms with Crippen LogP contribution in [-0.4, -0.2) is 24.6 Å². The van der Waals surface area contributed by atoms with Gasteiger partial charge in [-0.3, -0.25) is 0 Å².